The Labute approximate surface area is 267 Å². The molecule has 6 rings (SSSR count). The van der Waals surface area contributed by atoms with Crippen molar-refractivity contribution in [2.24, 2.45) is 4.99 Å². The van der Waals surface area contributed by atoms with E-state index in [1.165, 1.54) is 18.4 Å². The Morgan fingerprint density at radius 3 is 2.42 bits per heavy atom. The molecule has 1 atom stereocenters. The lowest BCUT2D eigenvalue weighted by atomic mass is 9.93. The standard InChI is InChI=1S/C35H28N2O6S2/c1-4-42-34(40)29-30(21-10-6-5-7-11-21)36-35-37(31(29)22-14-17-24(44-3)18-15-22)32(38)28(45-35)20-23-16-19-27(43-23)25-12-8-9-13-26(25)33(39)41-2/h5-20,31H,4H2,1-3H3/b28-20+/t31-/m1/s1. The summed E-state index contributed by atoms with van der Waals surface area (Å²) in [5.74, 6) is -0.135. The van der Waals surface area contributed by atoms with Gasteiger partial charge in [0.05, 0.1) is 41.1 Å². The van der Waals surface area contributed by atoms with Gasteiger partial charge in [-0.05, 0) is 49.1 Å². The Morgan fingerprint density at radius 2 is 1.71 bits per heavy atom. The highest BCUT2D eigenvalue weighted by molar-refractivity contribution is 7.98. The monoisotopic (exact) mass is 636 g/mol. The summed E-state index contributed by atoms with van der Waals surface area (Å²) in [7, 11) is 1.33. The summed E-state index contributed by atoms with van der Waals surface area (Å²) in [4.78, 5) is 46.5. The van der Waals surface area contributed by atoms with Crippen LogP contribution in [0.25, 0.3) is 23.1 Å². The molecule has 0 aliphatic carbocycles. The number of hydrogen-bond acceptors (Lipinski definition) is 9. The molecule has 2 aromatic heterocycles. The average molecular weight is 637 g/mol. The number of fused-ring (bicyclic) bond motifs is 1. The second-order valence-electron chi connectivity index (χ2n) is 9.94. The minimum Gasteiger partial charge on any atom is -0.465 e. The maximum atomic E-state index is 14.2. The van der Waals surface area contributed by atoms with Gasteiger partial charge in [0.25, 0.3) is 5.56 Å². The van der Waals surface area contributed by atoms with Crippen LogP contribution < -0.4 is 14.9 Å². The molecule has 0 fully saturated rings. The summed E-state index contributed by atoms with van der Waals surface area (Å²) in [6.45, 7) is 1.92. The summed E-state index contributed by atoms with van der Waals surface area (Å²) >= 11 is 2.81. The van der Waals surface area contributed by atoms with Gasteiger partial charge in [-0.25, -0.2) is 14.6 Å². The lowest BCUT2D eigenvalue weighted by molar-refractivity contribution is -0.138. The second kappa shape index (κ2) is 13.0. The third-order valence-corrected chi connectivity index (χ3v) is 9.03. The molecule has 3 aromatic carbocycles. The van der Waals surface area contributed by atoms with Gasteiger partial charge in [-0.3, -0.25) is 9.36 Å². The number of nitrogens with zero attached hydrogens (tertiary/aromatic N) is 2. The van der Waals surface area contributed by atoms with Crippen molar-refractivity contribution in [2.45, 2.75) is 17.9 Å². The van der Waals surface area contributed by atoms with Crippen LogP contribution in [0.1, 0.15) is 40.2 Å². The number of aromatic nitrogens is 1. The molecule has 0 saturated heterocycles. The fourth-order valence-corrected chi connectivity index (χ4v) is 6.62. The van der Waals surface area contributed by atoms with Crippen LogP contribution in [-0.4, -0.2) is 36.5 Å². The molecule has 0 bridgehead atoms. The Hall–Kier alpha value is -4.93. The molecule has 10 heteroatoms. The minimum atomic E-state index is -0.771. The van der Waals surface area contributed by atoms with Crippen LogP contribution >= 0.6 is 23.1 Å². The van der Waals surface area contributed by atoms with Crippen molar-refractivity contribution in [1.29, 1.82) is 0 Å². The molecule has 1 aliphatic rings. The number of esters is 2. The van der Waals surface area contributed by atoms with Gasteiger partial charge in [0.2, 0.25) is 0 Å². The SMILES string of the molecule is CCOC(=O)C1=C(c2ccccc2)N=c2s/c(=C/c3ccc(-c4ccccc4C(=O)OC)o3)c(=O)n2[C@@H]1c1ccc(SC)cc1. The number of methoxy groups -OCH3 is 1. The Morgan fingerprint density at radius 1 is 0.978 bits per heavy atom. The van der Waals surface area contributed by atoms with Gasteiger partial charge in [0.15, 0.2) is 4.80 Å². The van der Waals surface area contributed by atoms with Gasteiger partial charge >= 0.3 is 11.9 Å². The molecule has 0 N–H and O–H groups in total. The van der Waals surface area contributed by atoms with E-state index in [4.69, 9.17) is 18.9 Å². The summed E-state index contributed by atoms with van der Waals surface area (Å²) in [6.07, 6.45) is 3.64. The molecular weight excluding hydrogens is 609 g/mol. The van der Waals surface area contributed by atoms with Crippen LogP contribution in [-0.2, 0) is 14.3 Å². The van der Waals surface area contributed by atoms with Crippen LogP contribution in [0.5, 0.6) is 0 Å². The van der Waals surface area contributed by atoms with Crippen molar-refractivity contribution in [3.05, 3.63) is 139 Å². The van der Waals surface area contributed by atoms with E-state index in [2.05, 4.69) is 0 Å². The largest absolute Gasteiger partial charge is 0.465 e. The van der Waals surface area contributed by atoms with Crippen molar-refractivity contribution in [3.8, 4) is 11.3 Å². The summed E-state index contributed by atoms with van der Waals surface area (Å²) in [5.41, 5.74) is 2.87. The van der Waals surface area contributed by atoms with Crippen LogP contribution in [0.4, 0.5) is 0 Å². The summed E-state index contributed by atoms with van der Waals surface area (Å²) in [5, 5.41) is 0. The van der Waals surface area contributed by atoms with Gasteiger partial charge in [0, 0.05) is 22.1 Å². The number of carbonyl (C=O) groups excluding carboxylic acids is 2. The number of ether oxygens (including phenoxy) is 2. The lowest BCUT2D eigenvalue weighted by Crippen LogP contribution is -2.40. The van der Waals surface area contributed by atoms with Crippen molar-refractivity contribution >= 4 is 46.8 Å². The van der Waals surface area contributed by atoms with E-state index in [9.17, 15) is 14.4 Å². The number of thioether (sulfide) groups is 1. The number of hydrogen-bond donors (Lipinski definition) is 0. The number of benzene rings is 3. The van der Waals surface area contributed by atoms with Gasteiger partial charge in [0.1, 0.15) is 11.5 Å². The van der Waals surface area contributed by atoms with Crippen molar-refractivity contribution < 1.29 is 23.5 Å². The first kappa shape index (κ1) is 30.1. The van der Waals surface area contributed by atoms with E-state index < -0.39 is 18.0 Å². The zero-order valence-corrected chi connectivity index (χ0v) is 26.3. The molecule has 5 aromatic rings. The van der Waals surface area contributed by atoms with Crippen LogP contribution in [0.3, 0.4) is 0 Å². The van der Waals surface area contributed by atoms with Gasteiger partial charge in [-0.1, -0.05) is 72.0 Å². The molecule has 0 spiro atoms. The van der Waals surface area contributed by atoms with E-state index in [-0.39, 0.29) is 12.2 Å². The highest BCUT2D eigenvalue weighted by Gasteiger charge is 2.35. The fraction of sp³-hybridized carbons (Fsp3) is 0.143. The van der Waals surface area contributed by atoms with Crippen LogP contribution in [0.15, 0.2) is 116 Å². The topological polar surface area (TPSA) is 100 Å². The third-order valence-electron chi connectivity index (χ3n) is 7.30. The average Bonchev–Trinajstić information content (AvgIpc) is 3.68. The quantitative estimate of drug-likeness (QED) is 0.159. The molecule has 45 heavy (non-hydrogen) atoms. The van der Waals surface area contributed by atoms with Crippen LogP contribution in [0, 0.1) is 0 Å². The van der Waals surface area contributed by atoms with Crippen molar-refractivity contribution in [3.63, 3.8) is 0 Å². The number of carbonyl (C=O) groups is 2. The lowest BCUT2D eigenvalue weighted by Gasteiger charge is -2.26. The van der Waals surface area contributed by atoms with E-state index in [1.807, 2.05) is 60.9 Å². The zero-order valence-electron chi connectivity index (χ0n) is 24.7. The zero-order chi connectivity index (χ0) is 31.5. The molecule has 0 amide bonds. The van der Waals surface area contributed by atoms with E-state index >= 15 is 0 Å². The first-order valence-corrected chi connectivity index (χ1v) is 16.2. The van der Waals surface area contributed by atoms with E-state index in [0.29, 0.717) is 43.3 Å². The number of thiazole rings is 1. The van der Waals surface area contributed by atoms with Gasteiger partial charge < -0.3 is 13.9 Å². The Balaban J connectivity index is 1.54. The second-order valence-corrected chi connectivity index (χ2v) is 11.8. The summed E-state index contributed by atoms with van der Waals surface area (Å²) in [6, 6.07) is 26.9. The van der Waals surface area contributed by atoms with Crippen molar-refractivity contribution in [1.82, 2.24) is 4.57 Å². The predicted molar refractivity (Wildman–Crippen MR) is 175 cm³/mol. The van der Waals surface area contributed by atoms with Gasteiger partial charge in [-0.2, -0.15) is 0 Å². The number of rotatable bonds is 8. The maximum Gasteiger partial charge on any atom is 0.338 e. The molecule has 1 aliphatic heterocycles. The minimum absolute atomic E-state index is 0.174. The van der Waals surface area contributed by atoms with Crippen molar-refractivity contribution in [2.75, 3.05) is 20.0 Å². The normalized spacial score (nSPS) is 14.6. The predicted octanol–water partition coefficient (Wildman–Crippen LogP) is 5.70. The Kier molecular flexibility index (Phi) is 8.68. The third kappa shape index (κ3) is 5.82. The fourth-order valence-electron chi connectivity index (χ4n) is 5.23. The smallest absolute Gasteiger partial charge is 0.338 e. The van der Waals surface area contributed by atoms with Crippen LogP contribution in [0.2, 0.25) is 0 Å². The molecule has 226 valence electrons. The molecule has 3 heterocycles. The van der Waals surface area contributed by atoms with E-state index in [1.54, 1.807) is 65.7 Å². The highest BCUT2D eigenvalue weighted by atomic mass is 32.2. The highest BCUT2D eigenvalue weighted by Crippen LogP contribution is 2.36. The first-order valence-electron chi connectivity index (χ1n) is 14.1. The molecule has 8 nitrogen and oxygen atoms in total. The van der Waals surface area contributed by atoms with E-state index in [0.717, 1.165) is 16.0 Å². The Bertz CT molecular complexity index is 2110. The molecule has 0 radical (unpaired) electrons. The molecule has 0 saturated carbocycles. The maximum absolute atomic E-state index is 14.2. The number of furan rings is 1. The summed E-state index contributed by atoms with van der Waals surface area (Å²) < 4.78 is 18.5. The first-order chi connectivity index (χ1) is 21.9. The molecular formula is C35H28N2O6S2. The molecule has 0 unspecified atom stereocenters. The van der Waals surface area contributed by atoms with Gasteiger partial charge in [-0.15, -0.1) is 11.8 Å².